The van der Waals surface area contributed by atoms with Gasteiger partial charge in [-0.15, -0.1) is 0 Å². The number of hydrogen-bond donors (Lipinski definition) is 2. The van der Waals surface area contributed by atoms with Crippen LogP contribution in [-0.4, -0.2) is 31.7 Å². The second-order valence-electron chi connectivity index (χ2n) is 9.64. The van der Waals surface area contributed by atoms with Crippen LogP contribution in [0.3, 0.4) is 0 Å². The number of hydrogen-bond acceptors (Lipinski definition) is 6. The van der Waals surface area contributed by atoms with Gasteiger partial charge in [-0.3, -0.25) is 0 Å². The Labute approximate surface area is 205 Å². The monoisotopic (exact) mass is 463 g/mol. The highest BCUT2D eigenvalue weighted by Crippen LogP contribution is 2.36. The lowest BCUT2D eigenvalue weighted by Gasteiger charge is -2.14. The van der Waals surface area contributed by atoms with E-state index in [4.69, 9.17) is 10.1 Å². The molecule has 0 unspecified atom stereocenters. The zero-order chi connectivity index (χ0) is 23.6. The third-order valence-electron chi connectivity index (χ3n) is 7.23. The molecular weight excluding hydrogens is 434 g/mol. The standard InChI is InChI=1S/C28H29N7/c29-18-19-7-5-8-20(17-19)27-26(23-15-16-30-28(33-23)32-22-11-3-4-12-22)24-13-6-14-25(35(24)34-27)31-21-9-1-2-10-21/h5-8,13-17,21-22,31H,1-4,9-12H2,(H,30,32,33). The molecule has 2 fully saturated rings. The van der Waals surface area contributed by atoms with Crippen LogP contribution >= 0.6 is 0 Å². The number of anilines is 2. The molecule has 2 aliphatic carbocycles. The first-order chi connectivity index (χ1) is 17.3. The number of nitrogens with zero attached hydrogens (tertiary/aromatic N) is 5. The molecule has 2 N–H and O–H groups in total. The number of fused-ring (bicyclic) bond motifs is 1. The third-order valence-corrected chi connectivity index (χ3v) is 7.23. The molecule has 0 aliphatic heterocycles. The zero-order valence-corrected chi connectivity index (χ0v) is 19.7. The first-order valence-corrected chi connectivity index (χ1v) is 12.7. The SMILES string of the molecule is N#Cc1cccc(-c2nn3c(NC4CCCC4)cccc3c2-c2ccnc(NC3CCCC3)n2)c1. The summed E-state index contributed by atoms with van der Waals surface area (Å²) >= 11 is 0. The van der Waals surface area contributed by atoms with E-state index in [2.05, 4.69) is 39.9 Å². The van der Waals surface area contributed by atoms with E-state index in [1.165, 1.54) is 38.5 Å². The van der Waals surface area contributed by atoms with Crippen LogP contribution in [0.5, 0.6) is 0 Å². The molecule has 0 atom stereocenters. The average Bonchev–Trinajstić information content (AvgIpc) is 3.66. The summed E-state index contributed by atoms with van der Waals surface area (Å²) in [7, 11) is 0. The van der Waals surface area contributed by atoms with Crippen molar-refractivity contribution in [3.8, 4) is 28.6 Å². The summed E-state index contributed by atoms with van der Waals surface area (Å²) < 4.78 is 1.99. The van der Waals surface area contributed by atoms with E-state index in [0.717, 1.165) is 46.7 Å². The van der Waals surface area contributed by atoms with Crippen molar-refractivity contribution in [3.05, 3.63) is 60.3 Å². The Morgan fingerprint density at radius 1 is 0.886 bits per heavy atom. The molecule has 3 heterocycles. The van der Waals surface area contributed by atoms with E-state index in [0.29, 0.717) is 23.6 Å². The molecule has 6 rings (SSSR count). The Bertz CT molecular complexity index is 1390. The molecule has 0 bridgehead atoms. The lowest BCUT2D eigenvalue weighted by atomic mass is 10.0. The van der Waals surface area contributed by atoms with E-state index in [1.807, 2.05) is 41.0 Å². The Balaban J connectivity index is 1.49. The summed E-state index contributed by atoms with van der Waals surface area (Å²) in [6, 6.07) is 19.0. The molecule has 0 amide bonds. The van der Waals surface area contributed by atoms with Crippen molar-refractivity contribution >= 4 is 17.3 Å². The fourth-order valence-electron chi connectivity index (χ4n) is 5.47. The first-order valence-electron chi connectivity index (χ1n) is 12.7. The van der Waals surface area contributed by atoms with E-state index < -0.39 is 0 Å². The summed E-state index contributed by atoms with van der Waals surface area (Å²) in [5, 5.41) is 21.8. The topological polar surface area (TPSA) is 90.9 Å². The summed E-state index contributed by atoms with van der Waals surface area (Å²) in [5.41, 5.74) is 5.08. The van der Waals surface area contributed by atoms with Crippen LogP contribution in [0.1, 0.15) is 56.9 Å². The van der Waals surface area contributed by atoms with Crippen molar-refractivity contribution in [1.29, 1.82) is 5.26 Å². The quantitative estimate of drug-likeness (QED) is 0.362. The number of rotatable bonds is 6. The molecule has 3 aromatic heterocycles. The van der Waals surface area contributed by atoms with Crippen molar-refractivity contribution in [2.45, 2.75) is 63.5 Å². The Morgan fingerprint density at radius 2 is 1.63 bits per heavy atom. The van der Waals surface area contributed by atoms with Crippen molar-refractivity contribution in [1.82, 2.24) is 19.6 Å². The molecule has 0 radical (unpaired) electrons. The van der Waals surface area contributed by atoms with Gasteiger partial charge in [-0.05, 0) is 56.0 Å². The van der Waals surface area contributed by atoms with Crippen molar-refractivity contribution < 1.29 is 0 Å². The van der Waals surface area contributed by atoms with Gasteiger partial charge in [0, 0.05) is 23.8 Å². The van der Waals surface area contributed by atoms with Crippen molar-refractivity contribution in [2.24, 2.45) is 0 Å². The molecule has 1 aromatic carbocycles. The number of nitrogens with one attached hydrogen (secondary N) is 2. The van der Waals surface area contributed by atoms with Crippen LogP contribution in [0.2, 0.25) is 0 Å². The smallest absolute Gasteiger partial charge is 0.223 e. The summed E-state index contributed by atoms with van der Waals surface area (Å²) in [4.78, 5) is 9.43. The maximum atomic E-state index is 9.50. The van der Waals surface area contributed by atoms with Gasteiger partial charge in [0.05, 0.1) is 28.4 Å². The van der Waals surface area contributed by atoms with Crippen molar-refractivity contribution in [3.63, 3.8) is 0 Å². The van der Waals surface area contributed by atoms with Gasteiger partial charge in [0.15, 0.2) is 0 Å². The Hall–Kier alpha value is -3.92. The fourth-order valence-corrected chi connectivity index (χ4v) is 5.47. The van der Waals surface area contributed by atoms with Crippen LogP contribution < -0.4 is 10.6 Å². The molecule has 7 heteroatoms. The Kier molecular flexibility index (Phi) is 5.79. The highest BCUT2D eigenvalue weighted by molar-refractivity contribution is 5.92. The Morgan fingerprint density at radius 3 is 2.40 bits per heavy atom. The van der Waals surface area contributed by atoms with Gasteiger partial charge >= 0.3 is 0 Å². The molecular formula is C28H29N7. The fraction of sp³-hybridized carbons (Fsp3) is 0.357. The number of benzene rings is 1. The highest BCUT2D eigenvalue weighted by atomic mass is 15.3. The second kappa shape index (κ2) is 9.38. The molecule has 4 aromatic rings. The van der Waals surface area contributed by atoms with Crippen LogP contribution in [0.15, 0.2) is 54.7 Å². The average molecular weight is 464 g/mol. The largest absolute Gasteiger partial charge is 0.367 e. The van der Waals surface area contributed by atoms with E-state index >= 15 is 0 Å². The maximum absolute atomic E-state index is 9.50. The zero-order valence-electron chi connectivity index (χ0n) is 19.7. The summed E-state index contributed by atoms with van der Waals surface area (Å²) in [6.45, 7) is 0. The highest BCUT2D eigenvalue weighted by Gasteiger charge is 2.22. The van der Waals surface area contributed by atoms with E-state index in [-0.39, 0.29) is 0 Å². The molecule has 0 saturated heterocycles. The molecule has 7 nitrogen and oxygen atoms in total. The minimum Gasteiger partial charge on any atom is -0.367 e. The normalized spacial score (nSPS) is 16.5. The molecule has 2 aliphatic rings. The van der Waals surface area contributed by atoms with Gasteiger partial charge in [0.25, 0.3) is 0 Å². The molecule has 35 heavy (non-hydrogen) atoms. The van der Waals surface area contributed by atoms with Gasteiger partial charge < -0.3 is 10.6 Å². The van der Waals surface area contributed by atoms with Gasteiger partial charge in [-0.2, -0.15) is 10.4 Å². The number of pyridine rings is 1. The van der Waals surface area contributed by atoms with Gasteiger partial charge in [-0.1, -0.05) is 43.9 Å². The van der Waals surface area contributed by atoms with Crippen LogP contribution in [0.25, 0.3) is 28.0 Å². The number of aromatic nitrogens is 4. The predicted octanol–water partition coefficient (Wildman–Crippen LogP) is 6.04. The summed E-state index contributed by atoms with van der Waals surface area (Å²) in [6.07, 6.45) is 11.5. The second-order valence-corrected chi connectivity index (χ2v) is 9.64. The molecule has 2 saturated carbocycles. The van der Waals surface area contributed by atoms with Crippen molar-refractivity contribution in [2.75, 3.05) is 10.6 Å². The lowest BCUT2D eigenvalue weighted by Crippen LogP contribution is -2.17. The van der Waals surface area contributed by atoms with Crippen LogP contribution in [0.4, 0.5) is 11.8 Å². The van der Waals surface area contributed by atoms with Gasteiger partial charge in [0.1, 0.15) is 11.5 Å². The minimum absolute atomic E-state index is 0.433. The number of nitriles is 1. The first kappa shape index (κ1) is 21.6. The molecule has 0 spiro atoms. The van der Waals surface area contributed by atoms with Crippen LogP contribution in [-0.2, 0) is 0 Å². The van der Waals surface area contributed by atoms with Gasteiger partial charge in [-0.25, -0.2) is 14.5 Å². The summed E-state index contributed by atoms with van der Waals surface area (Å²) in [5.74, 6) is 1.64. The maximum Gasteiger partial charge on any atom is 0.223 e. The minimum atomic E-state index is 0.433. The van der Waals surface area contributed by atoms with E-state index in [9.17, 15) is 5.26 Å². The third kappa shape index (κ3) is 4.32. The predicted molar refractivity (Wildman–Crippen MR) is 138 cm³/mol. The van der Waals surface area contributed by atoms with E-state index in [1.54, 1.807) is 0 Å². The van der Waals surface area contributed by atoms with Gasteiger partial charge in [0.2, 0.25) is 5.95 Å². The van der Waals surface area contributed by atoms with Crippen LogP contribution in [0, 0.1) is 11.3 Å². The lowest BCUT2D eigenvalue weighted by molar-refractivity contribution is 0.742. The molecule has 176 valence electrons.